The SMILES string of the molecule is CC(C)Cc1cc(CN)nn1C. The quantitative estimate of drug-likeness (QED) is 0.732. The van der Waals surface area contributed by atoms with Gasteiger partial charge in [0.2, 0.25) is 0 Å². The lowest BCUT2D eigenvalue weighted by Crippen LogP contribution is -2.02. The Morgan fingerprint density at radius 3 is 2.67 bits per heavy atom. The normalized spacial score (nSPS) is 11.1. The Balaban J connectivity index is 2.77. The van der Waals surface area contributed by atoms with Crippen molar-refractivity contribution in [3.8, 4) is 0 Å². The molecule has 1 rings (SSSR count). The molecule has 12 heavy (non-hydrogen) atoms. The molecule has 1 heterocycles. The van der Waals surface area contributed by atoms with Gasteiger partial charge in [-0.15, -0.1) is 0 Å². The average Bonchev–Trinajstić information content (AvgIpc) is 2.31. The van der Waals surface area contributed by atoms with Crippen LogP contribution >= 0.6 is 0 Å². The summed E-state index contributed by atoms with van der Waals surface area (Å²) in [6.45, 7) is 4.94. The Morgan fingerprint density at radius 1 is 1.58 bits per heavy atom. The molecule has 0 saturated carbocycles. The molecule has 0 atom stereocenters. The zero-order chi connectivity index (χ0) is 9.14. The number of aryl methyl sites for hydroxylation is 1. The van der Waals surface area contributed by atoms with Gasteiger partial charge in [-0.25, -0.2) is 0 Å². The maximum Gasteiger partial charge on any atom is 0.0763 e. The van der Waals surface area contributed by atoms with Gasteiger partial charge in [-0.2, -0.15) is 5.10 Å². The standard InChI is InChI=1S/C9H17N3/c1-7(2)4-9-5-8(6-10)11-12(9)3/h5,7H,4,6,10H2,1-3H3. The second kappa shape index (κ2) is 3.72. The Labute approximate surface area is 73.6 Å². The van der Waals surface area contributed by atoms with E-state index in [9.17, 15) is 0 Å². The molecule has 2 N–H and O–H groups in total. The lowest BCUT2D eigenvalue weighted by Gasteiger charge is -2.03. The molecule has 0 aliphatic carbocycles. The van der Waals surface area contributed by atoms with Crippen molar-refractivity contribution < 1.29 is 0 Å². The minimum Gasteiger partial charge on any atom is -0.325 e. The van der Waals surface area contributed by atoms with Crippen LogP contribution in [0.5, 0.6) is 0 Å². The highest BCUT2D eigenvalue weighted by Gasteiger charge is 2.04. The molecule has 0 saturated heterocycles. The topological polar surface area (TPSA) is 43.8 Å². The van der Waals surface area contributed by atoms with Gasteiger partial charge in [0.05, 0.1) is 5.69 Å². The van der Waals surface area contributed by atoms with Gasteiger partial charge >= 0.3 is 0 Å². The monoisotopic (exact) mass is 167 g/mol. The van der Waals surface area contributed by atoms with Crippen LogP contribution in [0.3, 0.4) is 0 Å². The molecule has 0 aliphatic rings. The molecular formula is C9H17N3. The first-order valence-corrected chi connectivity index (χ1v) is 4.35. The van der Waals surface area contributed by atoms with E-state index in [-0.39, 0.29) is 0 Å². The number of rotatable bonds is 3. The zero-order valence-corrected chi connectivity index (χ0v) is 8.04. The molecule has 68 valence electrons. The smallest absolute Gasteiger partial charge is 0.0763 e. The fourth-order valence-corrected chi connectivity index (χ4v) is 1.28. The van der Waals surface area contributed by atoms with E-state index in [0.29, 0.717) is 12.5 Å². The minimum absolute atomic E-state index is 0.534. The second-order valence-corrected chi connectivity index (χ2v) is 3.55. The van der Waals surface area contributed by atoms with Crippen molar-refractivity contribution in [1.29, 1.82) is 0 Å². The van der Waals surface area contributed by atoms with Crippen LogP contribution in [0, 0.1) is 5.92 Å². The largest absolute Gasteiger partial charge is 0.325 e. The van der Waals surface area contributed by atoms with Gasteiger partial charge in [0.15, 0.2) is 0 Å². The predicted octanol–water partition coefficient (Wildman–Crippen LogP) is 1.08. The Hall–Kier alpha value is -0.830. The van der Waals surface area contributed by atoms with E-state index in [4.69, 9.17) is 5.73 Å². The van der Waals surface area contributed by atoms with Gasteiger partial charge < -0.3 is 5.73 Å². The number of hydrogen-bond acceptors (Lipinski definition) is 2. The molecule has 0 unspecified atom stereocenters. The predicted molar refractivity (Wildman–Crippen MR) is 49.6 cm³/mol. The average molecular weight is 167 g/mol. The van der Waals surface area contributed by atoms with Crippen molar-refractivity contribution in [2.24, 2.45) is 18.7 Å². The molecule has 0 bridgehead atoms. The molecule has 0 amide bonds. The van der Waals surface area contributed by atoms with Crippen molar-refractivity contribution in [2.45, 2.75) is 26.8 Å². The second-order valence-electron chi connectivity index (χ2n) is 3.55. The number of nitrogens with two attached hydrogens (primary N) is 1. The maximum atomic E-state index is 5.49. The molecule has 1 aromatic rings. The molecule has 0 spiro atoms. The third kappa shape index (κ3) is 2.08. The van der Waals surface area contributed by atoms with Crippen molar-refractivity contribution in [1.82, 2.24) is 9.78 Å². The van der Waals surface area contributed by atoms with Crippen LogP contribution < -0.4 is 5.73 Å². The summed E-state index contributed by atoms with van der Waals surface area (Å²) in [5.74, 6) is 0.672. The summed E-state index contributed by atoms with van der Waals surface area (Å²) in [7, 11) is 1.97. The molecule has 1 aromatic heterocycles. The molecule has 3 nitrogen and oxygen atoms in total. The fourth-order valence-electron chi connectivity index (χ4n) is 1.28. The summed E-state index contributed by atoms with van der Waals surface area (Å²) in [4.78, 5) is 0. The van der Waals surface area contributed by atoms with Gasteiger partial charge in [-0.1, -0.05) is 13.8 Å². The van der Waals surface area contributed by atoms with E-state index in [1.54, 1.807) is 0 Å². The summed E-state index contributed by atoms with van der Waals surface area (Å²) in [5.41, 5.74) is 7.74. The van der Waals surface area contributed by atoms with E-state index >= 15 is 0 Å². The van der Waals surface area contributed by atoms with Crippen molar-refractivity contribution in [2.75, 3.05) is 0 Å². The molecule has 0 aliphatic heterocycles. The van der Waals surface area contributed by atoms with Crippen LogP contribution in [0.15, 0.2) is 6.07 Å². The Bertz CT molecular complexity index is 250. The van der Waals surface area contributed by atoms with Crippen LogP contribution in [0.2, 0.25) is 0 Å². The van der Waals surface area contributed by atoms with Gasteiger partial charge in [-0.05, 0) is 18.4 Å². The molecule has 3 heteroatoms. The maximum absolute atomic E-state index is 5.49. The Morgan fingerprint density at radius 2 is 2.25 bits per heavy atom. The highest BCUT2D eigenvalue weighted by Crippen LogP contribution is 2.08. The van der Waals surface area contributed by atoms with Gasteiger partial charge in [0.25, 0.3) is 0 Å². The molecule has 0 fully saturated rings. The van der Waals surface area contributed by atoms with Crippen LogP contribution in [0.25, 0.3) is 0 Å². The van der Waals surface area contributed by atoms with Gasteiger partial charge in [0, 0.05) is 19.3 Å². The van der Waals surface area contributed by atoms with Crippen LogP contribution in [-0.2, 0) is 20.0 Å². The van der Waals surface area contributed by atoms with E-state index in [0.717, 1.165) is 12.1 Å². The minimum atomic E-state index is 0.534. The van der Waals surface area contributed by atoms with Crippen LogP contribution in [0.4, 0.5) is 0 Å². The van der Waals surface area contributed by atoms with Crippen molar-refractivity contribution in [3.05, 3.63) is 17.5 Å². The van der Waals surface area contributed by atoms with E-state index in [1.165, 1.54) is 5.69 Å². The van der Waals surface area contributed by atoms with Crippen molar-refractivity contribution >= 4 is 0 Å². The van der Waals surface area contributed by atoms with Crippen LogP contribution in [0.1, 0.15) is 25.2 Å². The third-order valence-electron chi connectivity index (χ3n) is 1.85. The van der Waals surface area contributed by atoms with Gasteiger partial charge in [0.1, 0.15) is 0 Å². The van der Waals surface area contributed by atoms with Crippen LogP contribution in [-0.4, -0.2) is 9.78 Å². The highest BCUT2D eigenvalue weighted by atomic mass is 15.3. The molecule has 0 radical (unpaired) electrons. The summed E-state index contributed by atoms with van der Waals surface area (Å²) >= 11 is 0. The molecule has 0 aromatic carbocycles. The number of nitrogens with zero attached hydrogens (tertiary/aromatic N) is 2. The summed E-state index contributed by atoms with van der Waals surface area (Å²) in [6.07, 6.45) is 1.07. The number of hydrogen-bond donors (Lipinski definition) is 1. The third-order valence-corrected chi connectivity index (χ3v) is 1.85. The first-order valence-electron chi connectivity index (χ1n) is 4.35. The number of aromatic nitrogens is 2. The lowest BCUT2D eigenvalue weighted by atomic mass is 10.1. The van der Waals surface area contributed by atoms with Gasteiger partial charge in [-0.3, -0.25) is 4.68 Å². The van der Waals surface area contributed by atoms with E-state index in [2.05, 4.69) is 25.0 Å². The summed E-state index contributed by atoms with van der Waals surface area (Å²) in [6, 6.07) is 2.08. The molecular weight excluding hydrogens is 150 g/mol. The summed E-state index contributed by atoms with van der Waals surface area (Å²) in [5, 5.41) is 4.27. The van der Waals surface area contributed by atoms with Crippen molar-refractivity contribution in [3.63, 3.8) is 0 Å². The Kier molecular flexibility index (Phi) is 2.87. The zero-order valence-electron chi connectivity index (χ0n) is 8.04. The first-order chi connectivity index (χ1) is 5.63. The first kappa shape index (κ1) is 9.26. The highest BCUT2D eigenvalue weighted by molar-refractivity contribution is 5.10. The van der Waals surface area contributed by atoms with E-state index in [1.807, 2.05) is 11.7 Å². The van der Waals surface area contributed by atoms with E-state index < -0.39 is 0 Å². The fraction of sp³-hybridized carbons (Fsp3) is 0.667. The lowest BCUT2D eigenvalue weighted by molar-refractivity contribution is 0.594. The summed E-state index contributed by atoms with van der Waals surface area (Å²) < 4.78 is 1.92.